The first kappa shape index (κ1) is 23.4. The quantitative estimate of drug-likeness (QED) is 0.301. The van der Waals surface area contributed by atoms with Crippen LogP contribution in [0.25, 0.3) is 10.8 Å². The minimum Gasteiger partial charge on any atom is -0.378 e. The van der Waals surface area contributed by atoms with E-state index < -0.39 is 11.6 Å². The van der Waals surface area contributed by atoms with Crippen molar-refractivity contribution in [3.63, 3.8) is 0 Å². The summed E-state index contributed by atoms with van der Waals surface area (Å²) in [6.07, 6.45) is 2.94. The molecule has 0 saturated carbocycles. The van der Waals surface area contributed by atoms with E-state index in [-0.39, 0.29) is 11.9 Å². The number of rotatable bonds is 7. The van der Waals surface area contributed by atoms with Gasteiger partial charge in [-0.1, -0.05) is 54.6 Å². The first-order chi connectivity index (χ1) is 17.0. The van der Waals surface area contributed by atoms with Crippen LogP contribution in [0.3, 0.4) is 0 Å². The Bertz CT molecular complexity index is 1280. The molecule has 0 radical (unpaired) electrons. The Morgan fingerprint density at radius 2 is 1.51 bits per heavy atom. The molecule has 1 N–H and O–H groups in total. The maximum Gasteiger partial charge on any atom is 0.160 e. The van der Waals surface area contributed by atoms with Gasteiger partial charge in [0.1, 0.15) is 5.82 Å². The van der Waals surface area contributed by atoms with Gasteiger partial charge in [-0.3, -0.25) is 0 Å². The first-order valence-electron chi connectivity index (χ1n) is 12.2. The average molecular weight is 475 g/mol. The molecule has 1 saturated heterocycles. The van der Waals surface area contributed by atoms with Gasteiger partial charge >= 0.3 is 0 Å². The van der Waals surface area contributed by atoms with Gasteiger partial charge in [0.15, 0.2) is 11.6 Å². The predicted octanol–water partition coefficient (Wildman–Crippen LogP) is 7.37. The summed E-state index contributed by atoms with van der Waals surface area (Å²) in [7, 11) is 0. The number of hydrogen-bond donors (Lipinski definition) is 1. The van der Waals surface area contributed by atoms with Crippen LogP contribution in [0.1, 0.15) is 30.0 Å². The third kappa shape index (κ3) is 5.68. The summed E-state index contributed by atoms with van der Waals surface area (Å²) < 4.78 is 40.8. The van der Waals surface area contributed by atoms with E-state index in [0.29, 0.717) is 11.6 Å². The fraction of sp³-hybridized carbons (Fsp3) is 0.267. The van der Waals surface area contributed by atoms with Crippen LogP contribution in [-0.4, -0.2) is 24.5 Å². The van der Waals surface area contributed by atoms with Gasteiger partial charge in [-0.2, -0.15) is 0 Å². The van der Waals surface area contributed by atoms with Gasteiger partial charge in [-0.05, 0) is 84.4 Å². The number of likely N-dealkylation sites (tertiary alicyclic amines) is 1. The number of piperidine rings is 1. The maximum absolute atomic E-state index is 13.8. The maximum atomic E-state index is 13.8. The van der Waals surface area contributed by atoms with E-state index in [1.807, 2.05) is 0 Å². The number of fused-ring (bicyclic) bond motifs is 1. The van der Waals surface area contributed by atoms with Crippen LogP contribution in [0, 0.1) is 23.4 Å². The monoisotopic (exact) mass is 474 g/mol. The molecule has 2 nitrogen and oxygen atoms in total. The lowest BCUT2D eigenvalue weighted by Crippen LogP contribution is -2.38. The van der Waals surface area contributed by atoms with E-state index in [1.165, 1.54) is 34.5 Å². The van der Waals surface area contributed by atoms with Gasteiger partial charge in [-0.25, -0.2) is 13.2 Å². The zero-order chi connectivity index (χ0) is 24.2. The van der Waals surface area contributed by atoms with Crippen LogP contribution >= 0.6 is 0 Å². The highest BCUT2D eigenvalue weighted by Crippen LogP contribution is 2.34. The van der Waals surface area contributed by atoms with Crippen molar-refractivity contribution in [2.75, 3.05) is 25.0 Å². The van der Waals surface area contributed by atoms with Crippen molar-refractivity contribution in [3.05, 3.63) is 114 Å². The number of nitrogens with one attached hydrogen (secondary N) is 1. The van der Waals surface area contributed by atoms with Gasteiger partial charge in [0.05, 0.1) is 6.04 Å². The van der Waals surface area contributed by atoms with Gasteiger partial charge in [-0.15, -0.1) is 0 Å². The van der Waals surface area contributed by atoms with Gasteiger partial charge in [0.25, 0.3) is 0 Å². The predicted molar refractivity (Wildman–Crippen MR) is 136 cm³/mol. The molecule has 1 heterocycles. The Labute approximate surface area is 204 Å². The molecule has 0 spiro atoms. The number of hydrogen-bond acceptors (Lipinski definition) is 2. The number of halogens is 3. The van der Waals surface area contributed by atoms with Crippen LogP contribution in [0.2, 0.25) is 0 Å². The van der Waals surface area contributed by atoms with Crippen LogP contribution in [0.15, 0.2) is 84.9 Å². The largest absolute Gasteiger partial charge is 0.378 e. The molecule has 5 rings (SSSR count). The first-order valence-corrected chi connectivity index (χ1v) is 12.2. The Balaban J connectivity index is 1.24. The fourth-order valence-electron chi connectivity index (χ4n) is 5.10. The lowest BCUT2D eigenvalue weighted by molar-refractivity contribution is 0.174. The standard InChI is InChI=1S/C30H29F3N2/c31-26-9-7-23(8-10-26)30(34-27-11-12-28(32)29(33)20-27)24-14-17-35(18-15-24)16-13-21-5-6-22-3-1-2-4-25(22)19-21/h1-12,19-20,24,30,34H,13-18H2. The van der Waals surface area contributed by atoms with Crippen molar-refractivity contribution < 1.29 is 13.2 Å². The zero-order valence-electron chi connectivity index (χ0n) is 19.6. The van der Waals surface area contributed by atoms with Crippen molar-refractivity contribution in [3.8, 4) is 0 Å². The van der Waals surface area contributed by atoms with Crippen molar-refractivity contribution in [2.24, 2.45) is 5.92 Å². The molecular weight excluding hydrogens is 445 g/mol. The SMILES string of the molecule is Fc1ccc(C(Nc2ccc(F)c(F)c2)C2CCN(CCc3ccc4ccccc4c3)CC2)cc1. The Kier molecular flexibility index (Phi) is 7.05. The van der Waals surface area contributed by atoms with E-state index in [0.717, 1.165) is 50.5 Å². The number of nitrogens with zero attached hydrogens (tertiary/aromatic N) is 1. The van der Waals surface area contributed by atoms with Gasteiger partial charge < -0.3 is 10.2 Å². The summed E-state index contributed by atoms with van der Waals surface area (Å²) in [6.45, 7) is 2.94. The van der Waals surface area contributed by atoms with Crippen molar-refractivity contribution >= 4 is 16.5 Å². The molecule has 1 fully saturated rings. The Hall–Kier alpha value is -3.31. The summed E-state index contributed by atoms with van der Waals surface area (Å²) in [5.74, 6) is -1.74. The van der Waals surface area contributed by atoms with Crippen LogP contribution in [0.5, 0.6) is 0 Å². The molecule has 1 atom stereocenters. The molecule has 5 heteroatoms. The van der Waals surface area contributed by atoms with Crippen molar-refractivity contribution in [1.29, 1.82) is 0 Å². The topological polar surface area (TPSA) is 15.3 Å². The normalized spacial score (nSPS) is 15.9. The van der Waals surface area contributed by atoms with Crippen LogP contribution in [0.4, 0.5) is 18.9 Å². The smallest absolute Gasteiger partial charge is 0.160 e. The van der Waals surface area contributed by atoms with E-state index >= 15 is 0 Å². The summed E-state index contributed by atoms with van der Waals surface area (Å²) >= 11 is 0. The molecule has 0 aromatic heterocycles. The lowest BCUT2D eigenvalue weighted by Gasteiger charge is -2.37. The lowest BCUT2D eigenvalue weighted by atomic mass is 9.85. The molecule has 35 heavy (non-hydrogen) atoms. The van der Waals surface area contributed by atoms with E-state index in [2.05, 4.69) is 52.7 Å². The highest BCUT2D eigenvalue weighted by molar-refractivity contribution is 5.82. The molecule has 0 bridgehead atoms. The summed E-state index contributed by atoms with van der Waals surface area (Å²) in [5.41, 5.74) is 2.82. The zero-order valence-corrected chi connectivity index (χ0v) is 19.6. The second-order valence-electron chi connectivity index (χ2n) is 9.41. The Morgan fingerprint density at radius 1 is 0.771 bits per heavy atom. The third-order valence-corrected chi connectivity index (χ3v) is 7.11. The summed E-state index contributed by atoms with van der Waals surface area (Å²) in [4.78, 5) is 2.49. The molecule has 1 unspecified atom stereocenters. The minimum absolute atomic E-state index is 0.108. The second kappa shape index (κ2) is 10.5. The van der Waals surface area contributed by atoms with Crippen molar-refractivity contribution in [1.82, 2.24) is 4.90 Å². The van der Waals surface area contributed by atoms with Crippen LogP contribution < -0.4 is 5.32 Å². The van der Waals surface area contributed by atoms with Gasteiger partial charge in [0.2, 0.25) is 0 Å². The van der Waals surface area contributed by atoms with Gasteiger partial charge in [0, 0.05) is 18.3 Å². The highest BCUT2D eigenvalue weighted by Gasteiger charge is 2.28. The summed E-state index contributed by atoms with van der Waals surface area (Å²) in [6, 6.07) is 25.3. The molecule has 180 valence electrons. The molecule has 0 amide bonds. The van der Waals surface area contributed by atoms with Crippen LogP contribution in [-0.2, 0) is 6.42 Å². The number of benzene rings is 4. The van der Waals surface area contributed by atoms with Crippen molar-refractivity contribution in [2.45, 2.75) is 25.3 Å². The Morgan fingerprint density at radius 3 is 2.26 bits per heavy atom. The molecular formula is C30H29F3N2. The molecule has 4 aromatic carbocycles. The van der Waals surface area contributed by atoms with E-state index in [1.54, 1.807) is 18.2 Å². The number of anilines is 1. The summed E-state index contributed by atoms with van der Waals surface area (Å²) in [5, 5.41) is 5.93. The minimum atomic E-state index is -0.878. The van der Waals surface area contributed by atoms with E-state index in [9.17, 15) is 13.2 Å². The molecule has 0 aliphatic carbocycles. The average Bonchev–Trinajstić information content (AvgIpc) is 2.89. The highest BCUT2D eigenvalue weighted by atomic mass is 19.2. The van der Waals surface area contributed by atoms with E-state index in [4.69, 9.17) is 0 Å². The molecule has 1 aliphatic heterocycles. The third-order valence-electron chi connectivity index (χ3n) is 7.11. The second-order valence-corrected chi connectivity index (χ2v) is 9.41. The molecule has 4 aromatic rings. The fourth-order valence-corrected chi connectivity index (χ4v) is 5.10. The molecule has 1 aliphatic rings.